The number of nitrogen functional groups attached to an aromatic ring is 1. The van der Waals surface area contributed by atoms with Crippen molar-refractivity contribution in [1.82, 2.24) is 15.0 Å². The number of pyridine rings is 3. The summed E-state index contributed by atoms with van der Waals surface area (Å²) in [5.74, 6) is -0.113. The van der Waals surface area contributed by atoms with E-state index in [1.807, 2.05) is 0 Å². The lowest BCUT2D eigenvalue weighted by Gasteiger charge is -2.23. The van der Waals surface area contributed by atoms with Crippen LogP contribution in [0.4, 0.5) is 44.7 Å². The number of Topliss-reactive ketones (excluding diaryl/α,β-unsaturated/α-hetero) is 1. The van der Waals surface area contributed by atoms with Gasteiger partial charge in [0.05, 0.1) is 59.2 Å². The number of fused-ring (bicyclic) bond motifs is 3. The first kappa shape index (κ1) is 78.4. The van der Waals surface area contributed by atoms with Crippen LogP contribution in [0.15, 0.2) is 176 Å². The lowest BCUT2D eigenvalue weighted by atomic mass is 9.95. The van der Waals surface area contributed by atoms with Gasteiger partial charge in [0.2, 0.25) is 21.0 Å². The van der Waals surface area contributed by atoms with Crippen LogP contribution >= 0.6 is 21.4 Å². The lowest BCUT2D eigenvalue weighted by molar-refractivity contribution is -0.148. The van der Waals surface area contributed by atoms with E-state index in [9.17, 15) is 36.7 Å². The molecule has 22 nitrogen and oxygen atoms in total. The number of hydrogen-bond donors (Lipinski definition) is 4. The van der Waals surface area contributed by atoms with Crippen molar-refractivity contribution in [3.8, 4) is 69.0 Å². The molecule has 0 bridgehead atoms. The van der Waals surface area contributed by atoms with Crippen molar-refractivity contribution in [1.29, 1.82) is 0 Å². The van der Waals surface area contributed by atoms with Gasteiger partial charge in [-0.05, 0) is 140 Å². The largest absolute Gasteiger partial charge is 0.493 e. The summed E-state index contributed by atoms with van der Waals surface area (Å²) in [6.45, 7) is 0. The zero-order chi connectivity index (χ0) is 76.6. The minimum Gasteiger partial charge on any atom is -0.493 e. The van der Waals surface area contributed by atoms with Gasteiger partial charge in [-0.15, -0.1) is 0 Å². The van der Waals surface area contributed by atoms with Crippen molar-refractivity contribution in [2.75, 3.05) is 78.0 Å². The summed E-state index contributed by atoms with van der Waals surface area (Å²) in [6, 6.07) is 39.2. The van der Waals surface area contributed by atoms with E-state index >= 15 is 4.39 Å². The first-order valence-electron chi connectivity index (χ1n) is 31.8. The van der Waals surface area contributed by atoms with E-state index in [4.69, 9.17) is 57.7 Å². The number of nitrogens with two attached hydrogens (primary N) is 1. The maximum atomic E-state index is 15.2. The molecule has 0 unspecified atom stereocenters. The number of carbonyl (C=O) groups excluding carboxylic acids is 3. The molecule has 552 valence electrons. The van der Waals surface area contributed by atoms with Crippen LogP contribution in [-0.4, -0.2) is 105 Å². The fourth-order valence-electron chi connectivity index (χ4n) is 10.7. The Kier molecular flexibility index (Phi) is 26.0. The third kappa shape index (κ3) is 19.0. The van der Waals surface area contributed by atoms with Crippen molar-refractivity contribution < 1.29 is 93.1 Å². The molecule has 0 radical (unpaired) electrons. The van der Waals surface area contributed by atoms with Crippen LogP contribution in [0.3, 0.4) is 0 Å². The number of amides is 2. The maximum Gasteiger partial charge on any atom is 0.317 e. The molecule has 5 N–H and O–H groups in total. The highest BCUT2D eigenvalue weighted by atomic mass is 36.0. The molecule has 0 aliphatic heterocycles. The second kappa shape index (κ2) is 35.2. The highest BCUT2D eigenvalue weighted by Crippen LogP contribution is 2.50. The quantitative estimate of drug-likeness (QED) is 0.0225. The van der Waals surface area contributed by atoms with Crippen molar-refractivity contribution >= 4 is 110 Å². The number of halogens is 7. The van der Waals surface area contributed by atoms with Crippen molar-refractivity contribution in [3.63, 3.8) is 0 Å². The number of ether oxygens (including phenoxy) is 9. The number of ketones is 1. The number of rotatable bonds is 21. The zero-order valence-electron chi connectivity index (χ0n) is 57.9. The minimum absolute atomic E-state index is 0.0583. The second-order valence-corrected chi connectivity index (χ2v) is 25.8. The second-order valence-electron chi connectivity index (χ2n) is 23.3. The van der Waals surface area contributed by atoms with Crippen molar-refractivity contribution in [2.45, 2.75) is 32.1 Å². The maximum absolute atomic E-state index is 15.2. The van der Waals surface area contributed by atoms with E-state index < -0.39 is 61.1 Å². The van der Waals surface area contributed by atoms with Gasteiger partial charge in [-0.25, -0.2) is 26.2 Å². The van der Waals surface area contributed by atoms with Gasteiger partial charge in [-0.1, -0.05) is 12.1 Å². The molecule has 2 saturated carbocycles. The van der Waals surface area contributed by atoms with Crippen LogP contribution in [0.2, 0.25) is 0 Å². The molecule has 0 atom stereocenters. The summed E-state index contributed by atoms with van der Waals surface area (Å²) >= 11 is 0. The highest BCUT2D eigenvalue weighted by Gasteiger charge is 2.58. The molecule has 2 amide bonds. The number of hydrogen-bond acceptors (Lipinski definition) is 19. The van der Waals surface area contributed by atoms with E-state index in [1.165, 1.54) is 117 Å². The van der Waals surface area contributed by atoms with E-state index in [2.05, 4.69) is 47.0 Å². The third-order valence-corrected chi connectivity index (χ3v) is 16.7. The topological polar surface area (TPSA) is 281 Å². The first-order valence-corrected chi connectivity index (χ1v) is 34.6. The van der Waals surface area contributed by atoms with Crippen LogP contribution in [0.1, 0.15) is 31.2 Å². The Morgan fingerprint density at radius 2 is 0.858 bits per heavy atom. The average Bonchev–Trinajstić information content (AvgIpc) is 1.45. The first-order chi connectivity index (χ1) is 50.8. The lowest BCUT2D eigenvalue weighted by Crippen LogP contribution is -2.41. The summed E-state index contributed by atoms with van der Waals surface area (Å²) in [7, 11) is 19.8. The normalized spacial score (nSPS) is 12.5. The van der Waals surface area contributed by atoms with Gasteiger partial charge in [0.25, 0.3) is 0 Å². The number of nitrogens with one attached hydrogen (secondary N) is 2. The molecule has 3 aromatic heterocycles. The molecule has 2 aliphatic carbocycles. The molecular formula is C76H68Cl2F5N7O15S. The molecule has 3 heterocycles. The molecule has 8 aromatic carbocycles. The molecule has 0 spiro atoms. The number of aromatic nitrogens is 3. The van der Waals surface area contributed by atoms with Crippen LogP contribution in [0.25, 0.3) is 32.7 Å². The Morgan fingerprint density at radius 1 is 0.491 bits per heavy atom. The minimum atomic E-state index is -1.67. The predicted molar refractivity (Wildman–Crippen MR) is 392 cm³/mol. The Labute approximate surface area is 615 Å². The monoisotopic (exact) mass is 1520 g/mol. The Bertz CT molecular complexity index is 5060. The number of carbonyl (C=O) groups is 4. The molecule has 13 rings (SSSR count). The van der Waals surface area contributed by atoms with Gasteiger partial charge in [0, 0.05) is 136 Å². The zero-order valence-corrected chi connectivity index (χ0v) is 60.2. The number of nitrogens with zero attached hydrogens (tertiary/aromatic N) is 4. The van der Waals surface area contributed by atoms with E-state index in [0.717, 1.165) is 0 Å². The number of benzene rings is 8. The van der Waals surface area contributed by atoms with Gasteiger partial charge in [0.1, 0.15) is 39.7 Å². The fraction of sp³-hybridized carbons (Fsp3) is 0.197. The molecule has 106 heavy (non-hydrogen) atoms. The summed E-state index contributed by atoms with van der Waals surface area (Å²) in [5.41, 5.74) is 7.32. The van der Waals surface area contributed by atoms with Crippen molar-refractivity contribution in [2.24, 2.45) is 10.8 Å². The summed E-state index contributed by atoms with van der Waals surface area (Å²) in [5, 5.41) is 16.4. The predicted octanol–water partition coefficient (Wildman–Crippen LogP) is 16.5. The number of methoxy groups -OCH3 is 6. The SMILES string of the molecule is CNc1ccc(Oc2ccnc3cc(OC)c(OC)cc23)c(F)c1.COc1cc2nccc(Oc3ccc(N(C)C(=O)C4(C(=O)Nc5ccc(F)cc5)CC4)cc3F)c2cc1OC.COc1cc2nccc(Oc3ccc(N)cc3F)c2cc1OC.O=C(O)C1(C(=O)Cc2ccc(F)cc2)CC1.O=S(Cl)Cl. The third-order valence-electron chi connectivity index (χ3n) is 16.7. The molecule has 2 fully saturated rings. The average molecular weight is 1520 g/mol. The molecule has 2 aliphatic rings. The Morgan fingerprint density at radius 3 is 1.23 bits per heavy atom. The van der Waals surface area contributed by atoms with Crippen LogP contribution in [-0.2, 0) is 34.8 Å². The number of aliphatic carboxylic acids is 1. The van der Waals surface area contributed by atoms with Crippen LogP contribution < -0.4 is 63.9 Å². The summed E-state index contributed by atoms with van der Waals surface area (Å²) in [6.07, 6.45) is 6.33. The fourth-order valence-corrected chi connectivity index (χ4v) is 10.7. The van der Waals surface area contributed by atoms with Gasteiger partial charge in [-0.2, -0.15) is 0 Å². The highest BCUT2D eigenvalue weighted by molar-refractivity contribution is 8.26. The van der Waals surface area contributed by atoms with Crippen molar-refractivity contribution in [3.05, 3.63) is 211 Å². The van der Waals surface area contributed by atoms with Crippen LogP contribution in [0.5, 0.6) is 69.0 Å². The van der Waals surface area contributed by atoms with E-state index in [-0.39, 0.29) is 41.0 Å². The van der Waals surface area contributed by atoms with Crippen LogP contribution in [0, 0.1) is 39.9 Å². The summed E-state index contributed by atoms with van der Waals surface area (Å²) in [4.78, 5) is 63.0. The molecular weight excluding hydrogens is 1450 g/mol. The molecule has 11 aromatic rings. The summed E-state index contributed by atoms with van der Waals surface area (Å²) < 4.78 is 127. The molecule has 0 saturated heterocycles. The Balaban J connectivity index is 0.000000169. The standard InChI is InChI=1S/C29H25F2N3O5.C18H17FN2O3.C17H15FN2O3.C12H11FO3.Cl2OS/c1-34(28(36)29(11-12-29)27(35)33-18-6-4-17(30)5-7-18)19-8-9-24(21(31)14-19)39-23-10-13-32-22-16-26(38-3)25(37-2)15-20(22)23;1-20-11-4-5-16(13(19)8-11)24-15-6-7-21-14-10-18(23-3)17(22-2)9-12(14)15;1-21-16-8-11-13(9-17(16)22-2)20-6-5-14(11)23-15-4-3-10(19)7-12(15)18;13-9-3-1-8(2-4-9)7-10(14)12(5-6-12)11(15)16;1-4(2)3/h4-10,13-16H,11-12H2,1-3H3,(H,33,35);4-10,20H,1-3H3;3-9H,19H2,1-2H3;1-4H,5-7H2,(H,15,16);. The molecule has 30 heteroatoms. The van der Waals surface area contributed by atoms with E-state index in [1.54, 1.807) is 121 Å². The number of anilines is 4. The number of carboxylic acid groups (broad SMARTS) is 1. The Hall–Kier alpha value is -11.8. The number of carboxylic acids is 1. The van der Waals surface area contributed by atoms with Gasteiger partial charge < -0.3 is 69.0 Å². The van der Waals surface area contributed by atoms with Gasteiger partial charge in [-0.3, -0.25) is 34.1 Å². The van der Waals surface area contributed by atoms with Gasteiger partial charge >= 0.3 is 5.97 Å². The smallest absolute Gasteiger partial charge is 0.317 e. The van der Waals surface area contributed by atoms with E-state index in [0.29, 0.717) is 133 Å². The van der Waals surface area contributed by atoms with Gasteiger partial charge in [0.15, 0.2) is 75.0 Å².